The smallest absolute Gasteiger partial charge is 0.243 e. The topological polar surface area (TPSA) is 44.4 Å². The molecule has 1 saturated heterocycles. The molecule has 1 atom stereocenters. The van der Waals surface area contributed by atoms with E-state index in [0.29, 0.717) is 6.54 Å². The fraction of sp³-hybridized carbons (Fsp3) is 0.417. The van der Waals surface area contributed by atoms with Crippen LogP contribution in [0.5, 0.6) is 0 Å². The summed E-state index contributed by atoms with van der Waals surface area (Å²) in [6.45, 7) is 2.25. The molecule has 0 radical (unpaired) electrons. The lowest BCUT2D eigenvalue weighted by atomic mass is 10.2. The highest BCUT2D eigenvalue weighted by Gasteiger charge is 2.26. The normalized spacial score (nSPS) is 20.7. The molecule has 0 aliphatic carbocycles. The number of carbonyl (C=O) groups is 1. The molecule has 18 heavy (non-hydrogen) atoms. The Morgan fingerprint density at radius 3 is 3.11 bits per heavy atom. The third kappa shape index (κ3) is 3.07. The SMILES string of the molecule is CN1CCNCC1C(=O)Nc1cc(Br)ccc1F. The number of rotatable bonds is 2. The van der Waals surface area contributed by atoms with Crippen molar-refractivity contribution >= 4 is 27.5 Å². The van der Waals surface area contributed by atoms with Crippen molar-refractivity contribution in [1.82, 2.24) is 10.2 Å². The first-order chi connectivity index (χ1) is 8.58. The lowest BCUT2D eigenvalue weighted by molar-refractivity contribution is -0.121. The summed E-state index contributed by atoms with van der Waals surface area (Å²) in [5, 5.41) is 5.78. The average Bonchev–Trinajstić information content (AvgIpc) is 2.34. The monoisotopic (exact) mass is 315 g/mol. The van der Waals surface area contributed by atoms with E-state index in [9.17, 15) is 9.18 Å². The number of benzene rings is 1. The highest BCUT2D eigenvalue weighted by atomic mass is 79.9. The van der Waals surface area contributed by atoms with E-state index >= 15 is 0 Å². The summed E-state index contributed by atoms with van der Waals surface area (Å²) in [6.07, 6.45) is 0. The van der Waals surface area contributed by atoms with Gasteiger partial charge in [-0.15, -0.1) is 0 Å². The minimum atomic E-state index is -0.432. The number of anilines is 1. The Bertz CT molecular complexity index is 455. The van der Waals surface area contributed by atoms with Crippen LogP contribution in [0.25, 0.3) is 0 Å². The molecule has 1 aliphatic rings. The van der Waals surface area contributed by atoms with Gasteiger partial charge in [-0.05, 0) is 25.2 Å². The summed E-state index contributed by atoms with van der Waals surface area (Å²) in [6, 6.07) is 4.21. The second-order valence-corrected chi connectivity index (χ2v) is 5.23. The van der Waals surface area contributed by atoms with E-state index in [1.807, 2.05) is 11.9 Å². The number of hydrogen-bond acceptors (Lipinski definition) is 3. The summed E-state index contributed by atoms with van der Waals surface area (Å²) in [5.41, 5.74) is 0.202. The van der Waals surface area contributed by atoms with Gasteiger partial charge in [-0.25, -0.2) is 4.39 Å². The molecule has 4 nitrogen and oxygen atoms in total. The van der Waals surface area contributed by atoms with Crippen LogP contribution in [0.15, 0.2) is 22.7 Å². The number of likely N-dealkylation sites (N-methyl/N-ethyl adjacent to an activating group) is 1. The van der Waals surface area contributed by atoms with Crippen LogP contribution in [0.1, 0.15) is 0 Å². The van der Waals surface area contributed by atoms with Gasteiger partial charge in [-0.3, -0.25) is 9.69 Å². The van der Waals surface area contributed by atoms with Crippen LogP contribution in [0.2, 0.25) is 0 Å². The minimum Gasteiger partial charge on any atom is -0.322 e. The molecule has 0 bridgehead atoms. The standard InChI is InChI=1S/C12H15BrFN3O/c1-17-5-4-15-7-11(17)12(18)16-10-6-8(13)2-3-9(10)14/h2-3,6,11,15H,4-5,7H2,1H3,(H,16,18). The summed E-state index contributed by atoms with van der Waals surface area (Å²) in [4.78, 5) is 14.0. The molecule has 1 aliphatic heterocycles. The molecule has 0 aromatic heterocycles. The van der Waals surface area contributed by atoms with E-state index in [1.165, 1.54) is 6.07 Å². The minimum absolute atomic E-state index is 0.193. The highest BCUT2D eigenvalue weighted by molar-refractivity contribution is 9.10. The number of amides is 1. The summed E-state index contributed by atoms with van der Waals surface area (Å²) < 4.78 is 14.3. The van der Waals surface area contributed by atoms with Gasteiger partial charge in [0.25, 0.3) is 0 Å². The summed E-state index contributed by atoms with van der Waals surface area (Å²) in [7, 11) is 1.89. The average molecular weight is 316 g/mol. The first-order valence-corrected chi connectivity index (χ1v) is 6.54. The van der Waals surface area contributed by atoms with Gasteiger partial charge in [0, 0.05) is 24.1 Å². The van der Waals surface area contributed by atoms with Gasteiger partial charge in [-0.2, -0.15) is 0 Å². The second kappa shape index (κ2) is 5.77. The zero-order valence-electron chi connectivity index (χ0n) is 10.0. The van der Waals surface area contributed by atoms with Crippen LogP contribution in [-0.2, 0) is 4.79 Å². The Labute approximate surface area is 114 Å². The van der Waals surface area contributed by atoms with Crippen molar-refractivity contribution in [2.75, 3.05) is 32.0 Å². The van der Waals surface area contributed by atoms with Gasteiger partial charge in [0.05, 0.1) is 5.69 Å². The largest absolute Gasteiger partial charge is 0.322 e. The first kappa shape index (κ1) is 13.5. The van der Waals surface area contributed by atoms with Crippen LogP contribution < -0.4 is 10.6 Å². The van der Waals surface area contributed by atoms with Gasteiger partial charge in [0.15, 0.2) is 0 Å². The van der Waals surface area contributed by atoms with Crippen molar-refractivity contribution in [2.45, 2.75) is 6.04 Å². The van der Waals surface area contributed by atoms with Gasteiger partial charge in [-0.1, -0.05) is 15.9 Å². The Kier molecular flexibility index (Phi) is 4.31. The van der Waals surface area contributed by atoms with Crippen LogP contribution in [0.3, 0.4) is 0 Å². The zero-order chi connectivity index (χ0) is 13.1. The van der Waals surface area contributed by atoms with E-state index in [2.05, 4.69) is 26.6 Å². The van der Waals surface area contributed by atoms with Gasteiger partial charge < -0.3 is 10.6 Å². The lowest BCUT2D eigenvalue weighted by Gasteiger charge is -2.31. The molecular formula is C12H15BrFN3O. The number of nitrogens with one attached hydrogen (secondary N) is 2. The molecular weight excluding hydrogens is 301 g/mol. The molecule has 6 heteroatoms. The third-order valence-electron chi connectivity index (χ3n) is 3.00. The van der Waals surface area contributed by atoms with Gasteiger partial charge in [0.1, 0.15) is 11.9 Å². The van der Waals surface area contributed by atoms with E-state index in [1.54, 1.807) is 12.1 Å². The third-order valence-corrected chi connectivity index (χ3v) is 3.49. The molecule has 1 amide bonds. The van der Waals surface area contributed by atoms with Crippen molar-refractivity contribution in [2.24, 2.45) is 0 Å². The van der Waals surface area contributed by atoms with E-state index in [0.717, 1.165) is 17.6 Å². The quantitative estimate of drug-likeness (QED) is 0.868. The molecule has 1 unspecified atom stereocenters. The first-order valence-electron chi connectivity index (χ1n) is 5.75. The molecule has 1 aromatic carbocycles. The molecule has 1 fully saturated rings. The maximum absolute atomic E-state index is 13.5. The summed E-state index contributed by atoms with van der Waals surface area (Å²) >= 11 is 3.25. The maximum atomic E-state index is 13.5. The zero-order valence-corrected chi connectivity index (χ0v) is 11.6. The molecule has 2 rings (SSSR count). The Hall–Kier alpha value is -0.980. The van der Waals surface area contributed by atoms with Gasteiger partial charge >= 0.3 is 0 Å². The van der Waals surface area contributed by atoms with Crippen molar-refractivity contribution in [3.8, 4) is 0 Å². The molecule has 2 N–H and O–H groups in total. The number of carbonyl (C=O) groups excluding carboxylic acids is 1. The number of piperazine rings is 1. The molecule has 1 aromatic rings. The van der Waals surface area contributed by atoms with E-state index < -0.39 is 5.82 Å². The van der Waals surface area contributed by atoms with Crippen LogP contribution in [-0.4, -0.2) is 43.5 Å². The lowest BCUT2D eigenvalue weighted by Crippen LogP contribution is -2.54. The van der Waals surface area contributed by atoms with Gasteiger partial charge in [0.2, 0.25) is 5.91 Å². The molecule has 1 heterocycles. The number of hydrogen-bond donors (Lipinski definition) is 2. The predicted molar refractivity (Wildman–Crippen MR) is 72.0 cm³/mol. The van der Waals surface area contributed by atoms with Crippen molar-refractivity contribution in [3.05, 3.63) is 28.5 Å². The molecule has 0 saturated carbocycles. The molecule has 98 valence electrons. The summed E-state index contributed by atoms with van der Waals surface area (Å²) in [5.74, 6) is -0.625. The predicted octanol–water partition coefficient (Wildman–Crippen LogP) is 1.43. The molecule has 0 spiro atoms. The van der Waals surface area contributed by atoms with Crippen LogP contribution in [0, 0.1) is 5.82 Å². The Morgan fingerprint density at radius 1 is 1.61 bits per heavy atom. The van der Waals surface area contributed by atoms with Crippen molar-refractivity contribution in [1.29, 1.82) is 0 Å². The number of nitrogens with zero attached hydrogens (tertiary/aromatic N) is 1. The van der Waals surface area contributed by atoms with E-state index in [4.69, 9.17) is 0 Å². The second-order valence-electron chi connectivity index (χ2n) is 4.31. The van der Waals surface area contributed by atoms with Crippen LogP contribution in [0.4, 0.5) is 10.1 Å². The highest BCUT2D eigenvalue weighted by Crippen LogP contribution is 2.20. The maximum Gasteiger partial charge on any atom is 0.243 e. The van der Waals surface area contributed by atoms with Crippen molar-refractivity contribution < 1.29 is 9.18 Å². The Balaban J connectivity index is 2.08. The number of halogens is 2. The fourth-order valence-corrected chi connectivity index (χ4v) is 2.27. The Morgan fingerprint density at radius 2 is 2.39 bits per heavy atom. The van der Waals surface area contributed by atoms with Crippen LogP contribution >= 0.6 is 15.9 Å². The fourth-order valence-electron chi connectivity index (χ4n) is 1.91. The van der Waals surface area contributed by atoms with E-state index in [-0.39, 0.29) is 17.6 Å². The van der Waals surface area contributed by atoms with Crippen molar-refractivity contribution in [3.63, 3.8) is 0 Å².